The number of carbonyl (C=O) groups excluding carboxylic acids is 2. The maximum atomic E-state index is 11.4. The highest BCUT2D eigenvalue weighted by molar-refractivity contribution is 5.94. The lowest BCUT2D eigenvalue weighted by molar-refractivity contribution is -0.121. The Morgan fingerprint density at radius 2 is 2.00 bits per heavy atom. The molecule has 3 amide bonds. The van der Waals surface area contributed by atoms with Gasteiger partial charge in [0.1, 0.15) is 0 Å². The van der Waals surface area contributed by atoms with E-state index in [9.17, 15) is 9.59 Å². The molecule has 0 bridgehead atoms. The third-order valence-corrected chi connectivity index (χ3v) is 2.27. The van der Waals surface area contributed by atoms with Crippen molar-refractivity contribution < 1.29 is 9.59 Å². The molecular formula is C13H17N3O2. The molecule has 0 aliphatic heterocycles. The van der Waals surface area contributed by atoms with Gasteiger partial charge in [-0.3, -0.25) is 15.0 Å². The average molecular weight is 247 g/mol. The van der Waals surface area contributed by atoms with Crippen LogP contribution in [-0.4, -0.2) is 29.9 Å². The van der Waals surface area contributed by atoms with Gasteiger partial charge in [-0.05, 0) is 5.56 Å². The summed E-state index contributed by atoms with van der Waals surface area (Å²) in [4.78, 5) is 23.9. The summed E-state index contributed by atoms with van der Waals surface area (Å²) < 4.78 is 0. The van der Waals surface area contributed by atoms with Crippen LogP contribution in [0.1, 0.15) is 5.56 Å². The van der Waals surface area contributed by atoms with E-state index in [1.54, 1.807) is 6.08 Å². The molecule has 1 aromatic carbocycles. The number of urea groups is 1. The van der Waals surface area contributed by atoms with Gasteiger partial charge < -0.3 is 5.73 Å². The molecular weight excluding hydrogens is 230 g/mol. The van der Waals surface area contributed by atoms with Gasteiger partial charge in [-0.15, -0.1) is 6.58 Å². The van der Waals surface area contributed by atoms with Gasteiger partial charge in [0.15, 0.2) is 0 Å². The molecule has 96 valence electrons. The SMILES string of the molecule is C=CCN(CC(=O)NC(N)=O)Cc1ccccc1. The molecule has 0 unspecified atom stereocenters. The van der Waals surface area contributed by atoms with Crippen LogP contribution in [0.3, 0.4) is 0 Å². The Morgan fingerprint density at radius 1 is 1.33 bits per heavy atom. The van der Waals surface area contributed by atoms with Crippen molar-refractivity contribution in [2.45, 2.75) is 6.54 Å². The van der Waals surface area contributed by atoms with Crippen molar-refractivity contribution in [1.82, 2.24) is 10.2 Å². The summed E-state index contributed by atoms with van der Waals surface area (Å²) in [6, 6.07) is 8.92. The first-order chi connectivity index (χ1) is 8.61. The first-order valence-electron chi connectivity index (χ1n) is 5.58. The summed E-state index contributed by atoms with van der Waals surface area (Å²) >= 11 is 0. The van der Waals surface area contributed by atoms with Crippen molar-refractivity contribution in [2.24, 2.45) is 5.73 Å². The summed E-state index contributed by atoms with van der Waals surface area (Å²) in [5.74, 6) is -0.416. The van der Waals surface area contributed by atoms with Gasteiger partial charge in [-0.25, -0.2) is 4.79 Å². The van der Waals surface area contributed by atoms with Crippen molar-refractivity contribution in [1.29, 1.82) is 0 Å². The number of nitrogens with two attached hydrogens (primary N) is 1. The van der Waals surface area contributed by atoms with E-state index < -0.39 is 11.9 Å². The Kier molecular flexibility index (Phi) is 5.60. The number of nitrogens with zero attached hydrogens (tertiary/aromatic N) is 1. The third kappa shape index (κ3) is 5.27. The molecule has 5 heteroatoms. The Bertz CT molecular complexity index is 418. The topological polar surface area (TPSA) is 75.4 Å². The summed E-state index contributed by atoms with van der Waals surface area (Å²) in [5.41, 5.74) is 5.98. The van der Waals surface area contributed by atoms with E-state index in [0.29, 0.717) is 13.1 Å². The maximum Gasteiger partial charge on any atom is 0.318 e. The predicted octanol–water partition coefficient (Wildman–Crippen LogP) is 0.869. The van der Waals surface area contributed by atoms with Crippen LogP contribution in [0.15, 0.2) is 43.0 Å². The zero-order valence-corrected chi connectivity index (χ0v) is 10.1. The molecule has 3 N–H and O–H groups in total. The van der Waals surface area contributed by atoms with Crippen molar-refractivity contribution in [2.75, 3.05) is 13.1 Å². The summed E-state index contributed by atoms with van der Waals surface area (Å²) in [7, 11) is 0. The molecule has 1 aromatic rings. The van der Waals surface area contributed by atoms with Gasteiger partial charge in [-0.2, -0.15) is 0 Å². The zero-order chi connectivity index (χ0) is 13.4. The van der Waals surface area contributed by atoms with Crippen molar-refractivity contribution in [3.63, 3.8) is 0 Å². The lowest BCUT2D eigenvalue weighted by Crippen LogP contribution is -2.42. The summed E-state index contributed by atoms with van der Waals surface area (Å²) in [6.07, 6.45) is 1.71. The second-order valence-corrected chi connectivity index (χ2v) is 3.86. The fourth-order valence-electron chi connectivity index (χ4n) is 1.59. The number of amides is 3. The fraction of sp³-hybridized carbons (Fsp3) is 0.231. The predicted molar refractivity (Wildman–Crippen MR) is 69.6 cm³/mol. The van der Waals surface area contributed by atoms with E-state index in [1.165, 1.54) is 0 Å². The monoisotopic (exact) mass is 247 g/mol. The largest absolute Gasteiger partial charge is 0.351 e. The Hall–Kier alpha value is -2.14. The van der Waals surface area contributed by atoms with Crippen LogP contribution in [0.4, 0.5) is 4.79 Å². The third-order valence-electron chi connectivity index (χ3n) is 2.27. The van der Waals surface area contributed by atoms with Crippen molar-refractivity contribution in [3.05, 3.63) is 48.6 Å². The first kappa shape index (κ1) is 13.9. The van der Waals surface area contributed by atoms with Crippen LogP contribution in [-0.2, 0) is 11.3 Å². The molecule has 5 nitrogen and oxygen atoms in total. The summed E-state index contributed by atoms with van der Waals surface area (Å²) in [6.45, 7) is 4.91. The van der Waals surface area contributed by atoms with Gasteiger partial charge in [0, 0.05) is 13.1 Å². The average Bonchev–Trinajstić information content (AvgIpc) is 2.29. The highest BCUT2D eigenvalue weighted by Gasteiger charge is 2.11. The van der Waals surface area contributed by atoms with Crippen molar-refractivity contribution >= 4 is 11.9 Å². The minimum atomic E-state index is -0.835. The molecule has 0 spiro atoms. The number of primary amides is 1. The first-order valence-corrected chi connectivity index (χ1v) is 5.58. The van der Waals surface area contributed by atoms with E-state index in [4.69, 9.17) is 5.73 Å². The molecule has 0 saturated carbocycles. The van der Waals surface area contributed by atoms with Crippen LogP contribution in [0.25, 0.3) is 0 Å². The van der Waals surface area contributed by atoms with Gasteiger partial charge in [0.2, 0.25) is 5.91 Å². The Balaban J connectivity index is 2.57. The minimum Gasteiger partial charge on any atom is -0.351 e. The maximum absolute atomic E-state index is 11.4. The molecule has 0 aromatic heterocycles. The van der Waals surface area contributed by atoms with Gasteiger partial charge in [0.05, 0.1) is 6.54 Å². The van der Waals surface area contributed by atoms with E-state index >= 15 is 0 Å². The lowest BCUT2D eigenvalue weighted by atomic mass is 10.2. The molecule has 0 atom stereocenters. The van der Waals surface area contributed by atoms with E-state index in [0.717, 1.165) is 5.56 Å². The smallest absolute Gasteiger partial charge is 0.318 e. The standard InChI is InChI=1S/C13H17N3O2/c1-2-8-16(10-12(17)15-13(14)18)9-11-6-4-3-5-7-11/h2-7H,1,8-10H2,(H3,14,15,17,18). The Labute approximate surface area is 106 Å². The van der Waals surface area contributed by atoms with Gasteiger partial charge in [-0.1, -0.05) is 36.4 Å². The number of rotatable bonds is 6. The number of hydrogen-bond donors (Lipinski definition) is 2. The molecule has 0 fully saturated rings. The zero-order valence-electron chi connectivity index (χ0n) is 10.1. The Morgan fingerprint density at radius 3 is 2.56 bits per heavy atom. The second kappa shape index (κ2) is 7.24. The highest BCUT2D eigenvalue weighted by atomic mass is 16.2. The molecule has 0 saturated heterocycles. The fourth-order valence-corrected chi connectivity index (χ4v) is 1.59. The quantitative estimate of drug-likeness (QED) is 0.732. The molecule has 1 rings (SSSR count). The molecule has 0 aliphatic carbocycles. The van der Waals surface area contributed by atoms with E-state index in [1.807, 2.05) is 40.5 Å². The number of imide groups is 1. The van der Waals surface area contributed by atoms with E-state index in [2.05, 4.69) is 6.58 Å². The number of carbonyl (C=O) groups is 2. The molecule has 0 heterocycles. The van der Waals surface area contributed by atoms with Gasteiger partial charge >= 0.3 is 6.03 Å². The lowest BCUT2D eigenvalue weighted by Gasteiger charge is -2.19. The van der Waals surface area contributed by atoms with Gasteiger partial charge in [0.25, 0.3) is 0 Å². The normalized spacial score (nSPS) is 10.1. The molecule has 0 aliphatic rings. The highest BCUT2D eigenvalue weighted by Crippen LogP contribution is 2.03. The molecule has 0 radical (unpaired) electrons. The summed E-state index contributed by atoms with van der Waals surface area (Å²) in [5, 5.41) is 2.04. The molecule has 18 heavy (non-hydrogen) atoms. The van der Waals surface area contributed by atoms with Crippen LogP contribution in [0.2, 0.25) is 0 Å². The second-order valence-electron chi connectivity index (χ2n) is 3.86. The van der Waals surface area contributed by atoms with Crippen LogP contribution in [0.5, 0.6) is 0 Å². The number of benzene rings is 1. The number of nitrogens with one attached hydrogen (secondary N) is 1. The number of hydrogen-bond acceptors (Lipinski definition) is 3. The van der Waals surface area contributed by atoms with Crippen molar-refractivity contribution in [3.8, 4) is 0 Å². The van der Waals surface area contributed by atoms with Crippen LogP contribution in [0, 0.1) is 0 Å². The van der Waals surface area contributed by atoms with E-state index in [-0.39, 0.29) is 6.54 Å². The van der Waals surface area contributed by atoms with Crippen LogP contribution < -0.4 is 11.1 Å². The minimum absolute atomic E-state index is 0.101. The van der Waals surface area contributed by atoms with Crippen LogP contribution >= 0.6 is 0 Å².